The molecule has 0 aliphatic carbocycles. The Morgan fingerprint density at radius 1 is 1.10 bits per heavy atom. The van der Waals surface area contributed by atoms with Gasteiger partial charge in [0.2, 0.25) is 0 Å². The average Bonchev–Trinajstić information content (AvgIpc) is 2.74. The Kier molecular flexibility index (Phi) is 7.32. The summed E-state index contributed by atoms with van der Waals surface area (Å²) in [5.41, 5.74) is 13.1. The van der Waals surface area contributed by atoms with Gasteiger partial charge in [-0.05, 0) is 73.3 Å². The van der Waals surface area contributed by atoms with Crippen molar-refractivity contribution in [2.24, 2.45) is 16.5 Å². The summed E-state index contributed by atoms with van der Waals surface area (Å²) in [5.74, 6) is 3.02. The van der Waals surface area contributed by atoms with Crippen molar-refractivity contribution in [2.75, 3.05) is 19.0 Å². The van der Waals surface area contributed by atoms with Crippen LogP contribution in [0.4, 0.5) is 17.3 Å². The number of fused-ring (bicyclic) bond motifs is 1. The van der Waals surface area contributed by atoms with E-state index in [1.165, 1.54) is 0 Å². The Morgan fingerprint density at radius 2 is 1.84 bits per heavy atom. The van der Waals surface area contributed by atoms with Gasteiger partial charge in [-0.15, -0.1) is 0 Å². The molecule has 1 aromatic heterocycles. The first-order valence-corrected chi connectivity index (χ1v) is 10.2. The Labute approximate surface area is 182 Å². The fourth-order valence-corrected chi connectivity index (χ4v) is 3.00. The van der Waals surface area contributed by atoms with E-state index < -0.39 is 0 Å². The van der Waals surface area contributed by atoms with Crippen LogP contribution < -0.4 is 26.3 Å². The number of hydrogen-bond acceptors (Lipinski definition) is 6. The highest BCUT2D eigenvalue weighted by atomic mass is 16.5. The number of amidine groups is 1. The molecule has 3 rings (SSSR count). The van der Waals surface area contributed by atoms with Crippen LogP contribution in [0.25, 0.3) is 10.8 Å². The Morgan fingerprint density at radius 3 is 2.52 bits per heavy atom. The number of nitrogens with zero attached hydrogens (tertiary/aromatic N) is 2. The highest BCUT2D eigenvalue weighted by molar-refractivity contribution is 5.98. The second-order valence-electron chi connectivity index (χ2n) is 7.19. The predicted octanol–water partition coefficient (Wildman–Crippen LogP) is 5.02. The molecule has 0 amide bonds. The minimum atomic E-state index is 0.286. The zero-order valence-electron chi connectivity index (χ0n) is 18.2. The van der Waals surface area contributed by atoms with Crippen LogP contribution in [0, 0.1) is 0 Å². The van der Waals surface area contributed by atoms with Crippen LogP contribution in [0.5, 0.6) is 11.5 Å². The number of allylic oxidation sites excluding steroid dienone is 1. The van der Waals surface area contributed by atoms with Gasteiger partial charge in [0.25, 0.3) is 0 Å². The number of methoxy groups -OCH3 is 1. The maximum Gasteiger partial charge on any atom is 0.157 e. The van der Waals surface area contributed by atoms with E-state index in [0.29, 0.717) is 17.3 Å². The quantitative estimate of drug-likeness (QED) is 0.255. The van der Waals surface area contributed by atoms with Crippen molar-refractivity contribution in [3.05, 3.63) is 60.3 Å². The van der Waals surface area contributed by atoms with Crippen molar-refractivity contribution < 1.29 is 9.47 Å². The molecule has 0 spiro atoms. The average molecular weight is 420 g/mol. The van der Waals surface area contributed by atoms with Crippen LogP contribution in [0.1, 0.15) is 26.7 Å². The minimum Gasteiger partial charge on any atom is -0.497 e. The Bertz CT molecular complexity index is 1090. The molecule has 0 atom stereocenters. The first-order valence-electron chi connectivity index (χ1n) is 10.2. The summed E-state index contributed by atoms with van der Waals surface area (Å²) in [5, 5.41) is 5.24. The first kappa shape index (κ1) is 22.0. The summed E-state index contributed by atoms with van der Waals surface area (Å²) in [6, 6.07) is 15.5. The number of anilines is 2. The molecule has 162 valence electrons. The number of rotatable bonds is 9. The number of hydrogen-bond donors (Lipinski definition) is 3. The van der Waals surface area contributed by atoms with Gasteiger partial charge in [0.15, 0.2) is 5.82 Å². The number of nitrogens with two attached hydrogens (primary N) is 2. The van der Waals surface area contributed by atoms with Gasteiger partial charge in [-0.25, -0.2) is 9.98 Å². The number of nitrogens with one attached hydrogen (secondary N) is 1. The van der Waals surface area contributed by atoms with Gasteiger partial charge in [-0.1, -0.05) is 13.3 Å². The van der Waals surface area contributed by atoms with E-state index >= 15 is 0 Å². The van der Waals surface area contributed by atoms with Gasteiger partial charge < -0.3 is 26.3 Å². The fraction of sp³-hybridized carbons (Fsp3) is 0.250. The van der Waals surface area contributed by atoms with E-state index in [-0.39, 0.29) is 5.84 Å². The van der Waals surface area contributed by atoms with Crippen LogP contribution in [-0.4, -0.2) is 24.5 Å². The highest BCUT2D eigenvalue weighted by Gasteiger charge is 2.09. The lowest BCUT2D eigenvalue weighted by atomic mass is 10.1. The van der Waals surface area contributed by atoms with Crippen LogP contribution in [0.3, 0.4) is 0 Å². The molecule has 0 radical (unpaired) electrons. The van der Waals surface area contributed by atoms with Crippen LogP contribution >= 0.6 is 0 Å². The van der Waals surface area contributed by atoms with Crippen molar-refractivity contribution in [1.29, 1.82) is 0 Å². The van der Waals surface area contributed by atoms with Crippen molar-refractivity contribution in [3.8, 4) is 11.5 Å². The largest absolute Gasteiger partial charge is 0.497 e. The molecule has 31 heavy (non-hydrogen) atoms. The first-order chi connectivity index (χ1) is 15.0. The Balaban J connectivity index is 1.95. The molecule has 0 aliphatic rings. The summed E-state index contributed by atoms with van der Waals surface area (Å²) in [7, 11) is 1.64. The highest BCUT2D eigenvalue weighted by Crippen LogP contribution is 2.31. The smallest absolute Gasteiger partial charge is 0.157 e. The molecule has 1 heterocycles. The van der Waals surface area contributed by atoms with E-state index in [1.54, 1.807) is 20.1 Å². The molecular weight excluding hydrogens is 390 g/mol. The summed E-state index contributed by atoms with van der Waals surface area (Å²) in [6.45, 7) is 4.61. The molecule has 0 unspecified atom stereocenters. The van der Waals surface area contributed by atoms with Gasteiger partial charge in [0.1, 0.15) is 23.2 Å². The van der Waals surface area contributed by atoms with E-state index in [4.69, 9.17) is 20.9 Å². The van der Waals surface area contributed by atoms with Crippen LogP contribution in [0.2, 0.25) is 0 Å². The third-order valence-electron chi connectivity index (χ3n) is 4.53. The summed E-state index contributed by atoms with van der Waals surface area (Å²) in [4.78, 5) is 9.05. The van der Waals surface area contributed by atoms with Crippen LogP contribution in [0.15, 0.2) is 65.3 Å². The number of ether oxygens (including phenoxy) is 2. The fourth-order valence-electron chi connectivity index (χ4n) is 3.00. The van der Waals surface area contributed by atoms with Gasteiger partial charge in [-0.2, -0.15) is 0 Å². The van der Waals surface area contributed by atoms with Crippen molar-refractivity contribution >= 4 is 33.9 Å². The molecule has 7 heteroatoms. The molecular formula is C24H29N5O2. The van der Waals surface area contributed by atoms with Crippen LogP contribution in [-0.2, 0) is 0 Å². The van der Waals surface area contributed by atoms with Gasteiger partial charge in [0, 0.05) is 16.8 Å². The summed E-state index contributed by atoms with van der Waals surface area (Å²) in [6.07, 6.45) is 3.74. The number of benzene rings is 2. The standard InChI is InChI=1S/C24H29N5O2/c1-4-5-12-31-19-8-6-18(7-9-19)27-24-21-11-10-20(30-3)14-17(21)15-23(29-24)28-22(26)13-16(2)25/h6-11,13-15H,4-5,12,25H2,1-3H3,(H3,26,27,28,29). The molecule has 0 bridgehead atoms. The zero-order chi connectivity index (χ0) is 22.2. The van der Waals surface area contributed by atoms with Gasteiger partial charge in [-0.3, -0.25) is 0 Å². The lowest BCUT2D eigenvalue weighted by molar-refractivity contribution is 0.309. The minimum absolute atomic E-state index is 0.286. The SMILES string of the molecule is CCCCOc1ccc(Nc2nc(N=C(N)C=C(C)N)cc3cc(OC)ccc23)cc1. The molecule has 0 aliphatic heterocycles. The number of aromatic nitrogens is 1. The normalized spacial score (nSPS) is 12.1. The molecule has 0 fully saturated rings. The molecule has 0 saturated carbocycles. The van der Waals surface area contributed by atoms with E-state index in [2.05, 4.69) is 22.2 Å². The monoisotopic (exact) mass is 419 g/mol. The zero-order valence-corrected chi connectivity index (χ0v) is 18.2. The molecule has 2 aromatic carbocycles. The summed E-state index contributed by atoms with van der Waals surface area (Å²) >= 11 is 0. The van der Waals surface area contributed by atoms with Crippen molar-refractivity contribution in [3.63, 3.8) is 0 Å². The van der Waals surface area contributed by atoms with E-state index in [9.17, 15) is 0 Å². The molecule has 5 N–H and O–H groups in total. The maximum absolute atomic E-state index is 5.97. The van der Waals surface area contributed by atoms with Crippen molar-refractivity contribution in [1.82, 2.24) is 4.98 Å². The third-order valence-corrected chi connectivity index (χ3v) is 4.53. The Hall–Kier alpha value is -3.74. The van der Waals surface area contributed by atoms with Crippen molar-refractivity contribution in [2.45, 2.75) is 26.7 Å². The third kappa shape index (κ3) is 6.12. The molecule has 0 saturated heterocycles. The molecule has 3 aromatic rings. The lowest BCUT2D eigenvalue weighted by Crippen LogP contribution is -2.10. The van der Waals surface area contributed by atoms with Gasteiger partial charge in [0.05, 0.1) is 13.7 Å². The lowest BCUT2D eigenvalue weighted by Gasteiger charge is -2.12. The number of aliphatic imine (C=N–C) groups is 1. The van der Waals surface area contributed by atoms with E-state index in [0.717, 1.165) is 47.4 Å². The second kappa shape index (κ2) is 10.3. The second-order valence-corrected chi connectivity index (χ2v) is 7.19. The molecule has 7 nitrogen and oxygen atoms in total. The predicted molar refractivity (Wildman–Crippen MR) is 128 cm³/mol. The van der Waals surface area contributed by atoms with Gasteiger partial charge >= 0.3 is 0 Å². The number of pyridine rings is 1. The topological polar surface area (TPSA) is 108 Å². The maximum atomic E-state index is 5.97. The summed E-state index contributed by atoms with van der Waals surface area (Å²) < 4.78 is 11.1. The number of unbranched alkanes of at least 4 members (excludes halogenated alkanes) is 1. The van der Waals surface area contributed by atoms with E-state index in [1.807, 2.05) is 48.5 Å².